The Morgan fingerprint density at radius 2 is 1.61 bits per heavy atom. The van der Waals surface area contributed by atoms with Gasteiger partial charge >= 0.3 is 0 Å². The van der Waals surface area contributed by atoms with Crippen molar-refractivity contribution in [3.05, 3.63) is 61.1 Å². The van der Waals surface area contributed by atoms with E-state index in [1.165, 1.54) is 6.26 Å². The molecule has 0 spiro atoms. The Kier molecular flexibility index (Phi) is 5.37. The van der Waals surface area contributed by atoms with E-state index in [0.29, 0.717) is 5.65 Å². The number of para-hydroxylation sites is 2. The minimum absolute atomic E-state index is 0.269. The number of methoxy groups -OCH3 is 1. The lowest BCUT2D eigenvalue weighted by molar-refractivity contribution is 0.413. The first-order valence-electron chi connectivity index (χ1n) is 10.6. The SMILES string of the molecule is COc1ccccc1N1CCN(c2ncnc3c2cnn3-c2ccc(S(C)(=O)=O)cc2)CC1. The summed E-state index contributed by atoms with van der Waals surface area (Å²) in [7, 11) is -1.56. The summed E-state index contributed by atoms with van der Waals surface area (Å²) < 4.78 is 30.7. The molecular formula is C23H24N6O3S. The van der Waals surface area contributed by atoms with E-state index in [1.807, 2.05) is 18.2 Å². The summed E-state index contributed by atoms with van der Waals surface area (Å²) in [5.74, 6) is 1.72. The van der Waals surface area contributed by atoms with Gasteiger partial charge in [-0.1, -0.05) is 12.1 Å². The zero-order chi connectivity index (χ0) is 23.0. The fraction of sp³-hybridized carbons (Fsp3) is 0.261. The fourth-order valence-corrected chi connectivity index (χ4v) is 4.79. The Labute approximate surface area is 192 Å². The maximum atomic E-state index is 11.8. The van der Waals surface area contributed by atoms with Crippen LogP contribution in [-0.2, 0) is 9.84 Å². The van der Waals surface area contributed by atoms with Gasteiger partial charge in [0, 0.05) is 32.4 Å². The van der Waals surface area contributed by atoms with Crippen molar-refractivity contribution < 1.29 is 13.2 Å². The molecule has 0 aliphatic carbocycles. The fourth-order valence-electron chi connectivity index (χ4n) is 4.16. The summed E-state index contributed by atoms with van der Waals surface area (Å²) in [5.41, 5.74) is 2.51. The summed E-state index contributed by atoms with van der Waals surface area (Å²) >= 11 is 0. The second-order valence-corrected chi connectivity index (χ2v) is 9.92. The molecule has 0 amide bonds. The highest BCUT2D eigenvalue weighted by molar-refractivity contribution is 7.90. The molecule has 2 aromatic carbocycles. The lowest BCUT2D eigenvalue weighted by atomic mass is 10.2. The minimum atomic E-state index is -3.26. The number of ether oxygens (including phenoxy) is 1. The van der Waals surface area contributed by atoms with E-state index < -0.39 is 9.84 Å². The molecule has 4 aromatic rings. The highest BCUT2D eigenvalue weighted by atomic mass is 32.2. The molecule has 1 aliphatic heterocycles. The van der Waals surface area contributed by atoms with Crippen LogP contribution in [0.15, 0.2) is 66.0 Å². The molecule has 2 aromatic heterocycles. The summed E-state index contributed by atoms with van der Waals surface area (Å²) in [6.07, 6.45) is 4.51. The predicted molar refractivity (Wildman–Crippen MR) is 127 cm³/mol. The van der Waals surface area contributed by atoms with Crippen molar-refractivity contribution in [2.75, 3.05) is 49.3 Å². The van der Waals surface area contributed by atoms with E-state index in [0.717, 1.165) is 54.5 Å². The average molecular weight is 465 g/mol. The first kappa shape index (κ1) is 21.2. The third-order valence-corrected chi connectivity index (χ3v) is 6.99. The van der Waals surface area contributed by atoms with Crippen molar-refractivity contribution >= 4 is 32.4 Å². The van der Waals surface area contributed by atoms with Crippen molar-refractivity contribution in [1.82, 2.24) is 19.7 Å². The number of sulfone groups is 1. The molecular weight excluding hydrogens is 440 g/mol. The third-order valence-electron chi connectivity index (χ3n) is 5.86. The third kappa shape index (κ3) is 3.97. The Hall–Kier alpha value is -3.66. The normalized spacial score (nSPS) is 14.6. The van der Waals surface area contributed by atoms with Crippen LogP contribution < -0.4 is 14.5 Å². The van der Waals surface area contributed by atoms with Gasteiger partial charge in [-0.3, -0.25) is 0 Å². The Balaban J connectivity index is 1.40. The average Bonchev–Trinajstić information content (AvgIpc) is 3.28. The number of hydrogen-bond donors (Lipinski definition) is 0. The first-order chi connectivity index (χ1) is 16.0. The summed E-state index contributed by atoms with van der Waals surface area (Å²) in [5, 5.41) is 5.37. The van der Waals surface area contributed by atoms with Crippen LogP contribution in [0.5, 0.6) is 5.75 Å². The standard InChI is InChI=1S/C23H24N6O3S/c1-32-21-6-4-3-5-20(21)27-11-13-28(14-12-27)22-19-15-26-29(23(19)25-16-24-22)17-7-9-18(10-8-17)33(2,30)31/h3-10,15-16H,11-14H2,1-2H3. The van der Waals surface area contributed by atoms with Gasteiger partial charge < -0.3 is 14.5 Å². The van der Waals surface area contributed by atoms with Crippen molar-refractivity contribution in [3.8, 4) is 11.4 Å². The molecule has 10 heteroatoms. The van der Waals surface area contributed by atoms with Crippen molar-refractivity contribution in [2.24, 2.45) is 0 Å². The van der Waals surface area contributed by atoms with Crippen LogP contribution in [0.4, 0.5) is 11.5 Å². The number of rotatable bonds is 5. The van der Waals surface area contributed by atoms with Crippen LogP contribution in [0.1, 0.15) is 0 Å². The molecule has 1 fully saturated rings. The van der Waals surface area contributed by atoms with Gasteiger partial charge in [0.25, 0.3) is 0 Å². The number of fused-ring (bicyclic) bond motifs is 1. The zero-order valence-corrected chi connectivity index (χ0v) is 19.2. The molecule has 0 atom stereocenters. The van der Waals surface area contributed by atoms with Crippen molar-refractivity contribution in [2.45, 2.75) is 4.90 Å². The highest BCUT2D eigenvalue weighted by Crippen LogP contribution is 2.30. The van der Waals surface area contributed by atoms with Crippen molar-refractivity contribution in [1.29, 1.82) is 0 Å². The van der Waals surface area contributed by atoms with Gasteiger partial charge in [-0.2, -0.15) is 5.10 Å². The topological polar surface area (TPSA) is 93.4 Å². The Morgan fingerprint density at radius 1 is 0.909 bits per heavy atom. The molecule has 0 saturated carbocycles. The lowest BCUT2D eigenvalue weighted by Crippen LogP contribution is -2.47. The van der Waals surface area contributed by atoms with Crippen LogP contribution in [0.2, 0.25) is 0 Å². The van der Waals surface area contributed by atoms with Crippen molar-refractivity contribution in [3.63, 3.8) is 0 Å². The van der Waals surface area contributed by atoms with E-state index in [1.54, 1.807) is 48.6 Å². The number of piperazine rings is 1. The van der Waals surface area contributed by atoms with Gasteiger partial charge in [0.15, 0.2) is 15.5 Å². The molecule has 0 bridgehead atoms. The van der Waals surface area contributed by atoms with Crippen LogP contribution in [-0.4, -0.2) is 67.7 Å². The van der Waals surface area contributed by atoms with Crippen LogP contribution >= 0.6 is 0 Å². The number of aromatic nitrogens is 4. The van der Waals surface area contributed by atoms with E-state index in [-0.39, 0.29) is 4.90 Å². The second-order valence-electron chi connectivity index (χ2n) is 7.90. The molecule has 0 unspecified atom stereocenters. The maximum Gasteiger partial charge on any atom is 0.175 e. The number of hydrogen-bond acceptors (Lipinski definition) is 8. The molecule has 5 rings (SSSR count). The largest absolute Gasteiger partial charge is 0.495 e. The van der Waals surface area contributed by atoms with Gasteiger partial charge in [-0.15, -0.1) is 0 Å². The second kappa shape index (κ2) is 8.36. The molecule has 33 heavy (non-hydrogen) atoms. The van der Waals surface area contributed by atoms with Crippen LogP contribution in [0, 0.1) is 0 Å². The van der Waals surface area contributed by atoms with Gasteiger partial charge in [-0.05, 0) is 36.4 Å². The molecule has 1 saturated heterocycles. The molecule has 0 radical (unpaired) electrons. The van der Waals surface area contributed by atoms with Gasteiger partial charge in [0.1, 0.15) is 17.9 Å². The van der Waals surface area contributed by atoms with E-state index in [9.17, 15) is 8.42 Å². The highest BCUT2D eigenvalue weighted by Gasteiger charge is 2.23. The zero-order valence-electron chi connectivity index (χ0n) is 18.4. The number of anilines is 2. The lowest BCUT2D eigenvalue weighted by Gasteiger charge is -2.37. The number of nitrogens with zero attached hydrogens (tertiary/aromatic N) is 6. The monoisotopic (exact) mass is 464 g/mol. The molecule has 3 heterocycles. The maximum absolute atomic E-state index is 11.8. The molecule has 9 nitrogen and oxygen atoms in total. The van der Waals surface area contributed by atoms with E-state index in [4.69, 9.17) is 4.74 Å². The summed E-state index contributed by atoms with van der Waals surface area (Å²) in [6, 6.07) is 14.7. The van der Waals surface area contributed by atoms with Gasteiger partial charge in [0.05, 0.1) is 35.0 Å². The van der Waals surface area contributed by atoms with Gasteiger partial charge in [0.2, 0.25) is 0 Å². The summed E-state index contributed by atoms with van der Waals surface area (Å²) in [4.78, 5) is 13.8. The first-order valence-corrected chi connectivity index (χ1v) is 12.5. The Morgan fingerprint density at radius 3 is 2.30 bits per heavy atom. The molecule has 1 aliphatic rings. The van der Waals surface area contributed by atoms with Gasteiger partial charge in [-0.25, -0.2) is 23.1 Å². The van der Waals surface area contributed by atoms with Crippen LogP contribution in [0.25, 0.3) is 16.7 Å². The Bertz CT molecular complexity index is 1390. The minimum Gasteiger partial charge on any atom is -0.495 e. The quantitative estimate of drug-likeness (QED) is 0.445. The molecule has 0 N–H and O–H groups in total. The van der Waals surface area contributed by atoms with Crippen LogP contribution in [0.3, 0.4) is 0 Å². The van der Waals surface area contributed by atoms with E-state index >= 15 is 0 Å². The molecule has 170 valence electrons. The predicted octanol–water partition coefficient (Wildman–Crippen LogP) is 2.55. The summed E-state index contributed by atoms with van der Waals surface area (Å²) in [6.45, 7) is 3.29. The van der Waals surface area contributed by atoms with E-state index in [2.05, 4.69) is 30.9 Å². The number of benzene rings is 2. The smallest absolute Gasteiger partial charge is 0.175 e.